The van der Waals surface area contributed by atoms with E-state index in [1.165, 1.54) is 12.1 Å². The summed E-state index contributed by atoms with van der Waals surface area (Å²) in [5.41, 5.74) is 5.60. The zero-order chi connectivity index (χ0) is 45.4. The molecular weight excluding hydrogens is 843 g/mol. The van der Waals surface area contributed by atoms with Crippen molar-refractivity contribution in [3.63, 3.8) is 0 Å². The maximum atomic E-state index is 13.9. The van der Waals surface area contributed by atoms with E-state index in [4.69, 9.17) is 16.3 Å². The summed E-state index contributed by atoms with van der Waals surface area (Å²) in [6.45, 7) is 6.16. The molecular formula is C47H46ClFN8O7. The number of nitrogens with zero attached hydrogens (tertiary/aromatic N) is 5. The standard InChI is InChI=1S/C47H46ClFN8O7/c1-25-40(26(2)55(4)54-25)41-34(48)17-16-32-31(11-7-22-64-37-13-5-9-28-23-29(49)14-15-30(28)37)44(47(62)63)56(43(32)41)21-8-20-50-39(59)24-57-27(3)51-42-33(10-6-12-36(42)57)45(60)52-35-18-19-38(58)53-46(35)61/h5-6,9-10,12-17,23,35H,7-8,11,18-22,24H2,1-4H3,(H,50,59)(H,52,60)(H,62,63)(H,53,58,61). The highest BCUT2D eigenvalue weighted by Crippen LogP contribution is 2.42. The Labute approximate surface area is 371 Å². The quantitative estimate of drug-likeness (QED) is 0.0640. The van der Waals surface area contributed by atoms with Crippen molar-refractivity contribution in [2.24, 2.45) is 7.05 Å². The molecule has 1 fully saturated rings. The van der Waals surface area contributed by atoms with E-state index in [0.717, 1.165) is 27.7 Å². The second kappa shape index (κ2) is 18.0. The number of amides is 4. The van der Waals surface area contributed by atoms with Gasteiger partial charge in [-0.1, -0.05) is 35.9 Å². The maximum absolute atomic E-state index is 13.9. The third-order valence-electron chi connectivity index (χ3n) is 11.8. The Morgan fingerprint density at radius 2 is 1.77 bits per heavy atom. The number of nitrogens with one attached hydrogen (secondary N) is 3. The van der Waals surface area contributed by atoms with Gasteiger partial charge < -0.3 is 29.6 Å². The van der Waals surface area contributed by atoms with Gasteiger partial charge in [-0.2, -0.15) is 5.10 Å². The van der Waals surface area contributed by atoms with E-state index in [1.807, 2.05) is 39.1 Å². The summed E-state index contributed by atoms with van der Waals surface area (Å²) in [6, 6.07) is 17.7. The Morgan fingerprint density at radius 1 is 0.984 bits per heavy atom. The van der Waals surface area contributed by atoms with Gasteiger partial charge in [-0.3, -0.25) is 29.2 Å². The first kappa shape index (κ1) is 43.6. The van der Waals surface area contributed by atoms with Crippen molar-refractivity contribution in [2.45, 2.75) is 72.0 Å². The Bertz CT molecular complexity index is 3040. The summed E-state index contributed by atoms with van der Waals surface area (Å²) in [4.78, 5) is 68.5. The Hall–Kier alpha value is -7.07. The van der Waals surface area contributed by atoms with Crippen molar-refractivity contribution in [3.8, 4) is 16.9 Å². The molecule has 8 rings (SSSR count). The van der Waals surface area contributed by atoms with Gasteiger partial charge in [0.05, 0.1) is 33.9 Å². The van der Waals surface area contributed by atoms with Gasteiger partial charge >= 0.3 is 5.97 Å². The molecule has 4 aromatic carbocycles. The number of ether oxygens (including phenoxy) is 1. The first-order valence-corrected chi connectivity index (χ1v) is 21.3. The van der Waals surface area contributed by atoms with Gasteiger partial charge in [0.15, 0.2) is 0 Å². The zero-order valence-electron chi connectivity index (χ0n) is 35.7. The summed E-state index contributed by atoms with van der Waals surface area (Å²) in [7, 11) is 1.84. The van der Waals surface area contributed by atoms with Crippen molar-refractivity contribution in [3.05, 3.63) is 112 Å². The lowest BCUT2D eigenvalue weighted by Gasteiger charge is -2.21. The van der Waals surface area contributed by atoms with Gasteiger partial charge in [0.1, 0.15) is 41.2 Å². The van der Waals surface area contributed by atoms with Gasteiger partial charge in [0, 0.05) is 54.2 Å². The smallest absolute Gasteiger partial charge is 0.352 e. The third kappa shape index (κ3) is 8.40. The van der Waals surface area contributed by atoms with E-state index in [1.54, 1.807) is 57.1 Å². The maximum Gasteiger partial charge on any atom is 0.352 e. The molecule has 0 spiro atoms. The fraction of sp³-hybridized carbons (Fsp3) is 0.298. The average Bonchev–Trinajstić information content (AvgIpc) is 3.84. The van der Waals surface area contributed by atoms with Gasteiger partial charge in [0.2, 0.25) is 17.7 Å². The number of piperidine rings is 1. The molecule has 4 heterocycles. The fourth-order valence-electron chi connectivity index (χ4n) is 8.75. The van der Waals surface area contributed by atoms with E-state index in [9.17, 15) is 33.5 Å². The molecule has 64 heavy (non-hydrogen) atoms. The highest BCUT2D eigenvalue weighted by Gasteiger charge is 2.30. The lowest BCUT2D eigenvalue weighted by Crippen LogP contribution is -2.52. The predicted octanol–water partition coefficient (Wildman–Crippen LogP) is 6.71. The highest BCUT2D eigenvalue weighted by atomic mass is 35.5. The van der Waals surface area contributed by atoms with Gasteiger partial charge in [-0.05, 0) is 99.9 Å². The molecule has 330 valence electrons. The second-order valence-electron chi connectivity index (χ2n) is 15.9. The monoisotopic (exact) mass is 888 g/mol. The number of imidazole rings is 1. The molecule has 1 aliphatic heterocycles. The number of aromatic nitrogens is 5. The lowest BCUT2D eigenvalue weighted by atomic mass is 9.98. The molecule has 4 amide bonds. The number of imide groups is 1. The minimum Gasteiger partial charge on any atom is -0.493 e. The Kier molecular flexibility index (Phi) is 12.2. The highest BCUT2D eigenvalue weighted by molar-refractivity contribution is 6.35. The van der Waals surface area contributed by atoms with Crippen molar-refractivity contribution < 1.29 is 38.2 Å². The minimum atomic E-state index is -1.11. The number of carboxylic acids is 1. The van der Waals surface area contributed by atoms with E-state index in [-0.39, 0.29) is 68.0 Å². The van der Waals surface area contributed by atoms with Gasteiger partial charge in [-0.25, -0.2) is 14.2 Å². The Balaban J connectivity index is 1.02. The number of hydrogen-bond acceptors (Lipinski definition) is 8. The van der Waals surface area contributed by atoms with Crippen LogP contribution in [0.5, 0.6) is 5.75 Å². The Morgan fingerprint density at radius 3 is 2.52 bits per heavy atom. The lowest BCUT2D eigenvalue weighted by molar-refractivity contribution is -0.134. The minimum absolute atomic E-state index is 0.103. The van der Waals surface area contributed by atoms with Crippen LogP contribution < -0.4 is 20.7 Å². The number of aryl methyl sites for hydroxylation is 5. The normalized spacial score (nSPS) is 14.1. The molecule has 1 aliphatic rings. The topological polar surface area (TPSA) is 191 Å². The van der Waals surface area contributed by atoms with Crippen LogP contribution in [0.1, 0.15) is 69.3 Å². The number of halogens is 2. The summed E-state index contributed by atoms with van der Waals surface area (Å²) in [6.07, 6.45) is 1.51. The second-order valence-corrected chi connectivity index (χ2v) is 16.4. The van der Waals surface area contributed by atoms with Gasteiger partial charge in [-0.15, -0.1) is 0 Å². The number of hydrogen-bond donors (Lipinski definition) is 4. The van der Waals surface area contributed by atoms with Crippen LogP contribution in [0.25, 0.3) is 43.8 Å². The SMILES string of the molecule is Cc1nn(C)c(C)c1-c1c(Cl)ccc2c(CCCOc3cccc4cc(F)ccc34)c(C(=O)O)n(CCCNC(=O)Cn3c(C)nc4c(C(=O)NC5CCC(=O)NC5=O)cccc43)c12. The van der Waals surface area contributed by atoms with E-state index >= 15 is 0 Å². The van der Waals surface area contributed by atoms with Crippen LogP contribution in [-0.2, 0) is 40.9 Å². The average molecular weight is 889 g/mol. The van der Waals surface area contributed by atoms with Crippen LogP contribution in [0, 0.1) is 26.6 Å². The van der Waals surface area contributed by atoms with E-state index in [2.05, 4.69) is 26.0 Å². The summed E-state index contributed by atoms with van der Waals surface area (Å²) >= 11 is 7.01. The van der Waals surface area contributed by atoms with Crippen LogP contribution in [0.3, 0.4) is 0 Å². The third-order valence-corrected chi connectivity index (χ3v) is 12.1. The molecule has 0 saturated carbocycles. The van der Waals surface area contributed by atoms with Crippen LogP contribution in [-0.4, -0.2) is 77.8 Å². The fourth-order valence-corrected chi connectivity index (χ4v) is 8.99. The number of aromatic carboxylic acids is 1. The molecule has 15 nitrogen and oxygen atoms in total. The summed E-state index contributed by atoms with van der Waals surface area (Å²) in [5, 5.41) is 26.0. The number of para-hydroxylation sites is 1. The number of fused-ring (bicyclic) bond motifs is 3. The number of benzene rings is 4. The van der Waals surface area contributed by atoms with Crippen molar-refractivity contribution >= 4 is 73.9 Å². The molecule has 0 radical (unpaired) electrons. The van der Waals surface area contributed by atoms with Crippen molar-refractivity contribution in [1.82, 2.24) is 39.8 Å². The van der Waals surface area contributed by atoms with E-state index < -0.39 is 23.8 Å². The number of carbonyl (C=O) groups is 5. The molecule has 0 bridgehead atoms. The molecule has 4 N–H and O–H groups in total. The van der Waals surface area contributed by atoms with Crippen LogP contribution >= 0.6 is 11.6 Å². The predicted molar refractivity (Wildman–Crippen MR) is 239 cm³/mol. The van der Waals surface area contributed by atoms with Crippen LogP contribution in [0.2, 0.25) is 5.02 Å². The zero-order valence-corrected chi connectivity index (χ0v) is 36.4. The van der Waals surface area contributed by atoms with Gasteiger partial charge in [0.25, 0.3) is 5.91 Å². The number of rotatable bonds is 15. The van der Waals surface area contributed by atoms with Crippen molar-refractivity contribution in [2.75, 3.05) is 13.2 Å². The largest absolute Gasteiger partial charge is 0.493 e. The summed E-state index contributed by atoms with van der Waals surface area (Å²) < 4.78 is 25.3. The van der Waals surface area contributed by atoms with Crippen LogP contribution in [0.4, 0.5) is 4.39 Å². The molecule has 1 saturated heterocycles. The van der Waals surface area contributed by atoms with Crippen LogP contribution in [0.15, 0.2) is 66.7 Å². The first-order valence-electron chi connectivity index (χ1n) is 21.0. The molecule has 1 unspecified atom stereocenters. The molecule has 3 aromatic heterocycles. The van der Waals surface area contributed by atoms with E-state index in [0.29, 0.717) is 68.9 Å². The molecule has 0 aliphatic carbocycles. The number of carbonyl (C=O) groups excluding carboxylic acids is 4. The summed E-state index contributed by atoms with van der Waals surface area (Å²) in [5.74, 6) is -2.15. The van der Waals surface area contributed by atoms with Crippen molar-refractivity contribution in [1.29, 1.82) is 0 Å². The molecule has 7 aromatic rings. The number of carboxylic acid groups (broad SMARTS) is 1. The molecule has 1 atom stereocenters. The first-order chi connectivity index (χ1) is 30.7. The molecule has 17 heteroatoms.